The van der Waals surface area contributed by atoms with E-state index in [0.29, 0.717) is 18.4 Å². The van der Waals surface area contributed by atoms with Crippen LogP contribution >= 0.6 is 0 Å². The summed E-state index contributed by atoms with van der Waals surface area (Å²) in [5.41, 5.74) is 0.950. The molecule has 1 fully saturated rings. The van der Waals surface area contributed by atoms with Gasteiger partial charge in [0.05, 0.1) is 18.9 Å². The Bertz CT molecular complexity index is 787. The van der Waals surface area contributed by atoms with E-state index >= 15 is 0 Å². The topological polar surface area (TPSA) is 110 Å². The molecule has 0 aliphatic carbocycles. The maximum absolute atomic E-state index is 12.2. The molecule has 1 aliphatic heterocycles. The van der Waals surface area contributed by atoms with Gasteiger partial charge in [-0.3, -0.25) is 4.18 Å². The average Bonchev–Trinajstić information content (AvgIpc) is 2.93. The van der Waals surface area contributed by atoms with E-state index in [9.17, 15) is 13.2 Å². The van der Waals surface area contributed by atoms with Gasteiger partial charge in [-0.2, -0.15) is 13.7 Å². The zero-order valence-corrected chi connectivity index (χ0v) is 14.6. The molecule has 8 nitrogen and oxygen atoms in total. The summed E-state index contributed by atoms with van der Waals surface area (Å²) in [7, 11) is -3.64. The van der Waals surface area contributed by atoms with Gasteiger partial charge in [-0.05, 0) is 24.5 Å². The fraction of sp³-hybridized carbons (Fsp3) is 0.438. The van der Waals surface area contributed by atoms with Crippen molar-refractivity contribution in [2.24, 2.45) is 0 Å². The zero-order valence-electron chi connectivity index (χ0n) is 13.8. The summed E-state index contributed by atoms with van der Waals surface area (Å²) >= 11 is 0. The third-order valence-electron chi connectivity index (χ3n) is 3.70. The molecule has 2 atom stereocenters. The molecule has 1 amide bonds. The second kappa shape index (κ2) is 8.09. The smallest absolute Gasteiger partial charge is 0.410 e. The second-order valence-corrected chi connectivity index (χ2v) is 7.26. The molecule has 134 valence electrons. The number of nitriles is 1. The Labute approximate surface area is 146 Å². The van der Waals surface area contributed by atoms with Crippen molar-refractivity contribution in [3.8, 4) is 6.07 Å². The van der Waals surface area contributed by atoms with E-state index in [1.54, 1.807) is 12.1 Å². The number of likely N-dealkylation sites (tertiary alicyclic amines) is 1. The first-order chi connectivity index (χ1) is 11.8. The summed E-state index contributed by atoms with van der Waals surface area (Å²) in [6, 6.07) is 5.11. The van der Waals surface area contributed by atoms with Crippen molar-refractivity contribution in [1.29, 1.82) is 5.26 Å². The highest BCUT2D eigenvalue weighted by atomic mass is 32.2. The quantitative estimate of drug-likeness (QED) is 0.551. The Kier molecular flexibility index (Phi) is 6.12. The molecule has 1 aliphatic rings. The number of pyridine rings is 1. The van der Waals surface area contributed by atoms with Gasteiger partial charge in [0.25, 0.3) is 10.1 Å². The SMILES string of the molecule is C=CCOC(=O)N1C[C@H](OS(C)(=O)=O)C[C@H]1Cc1cccnc1C#N. The van der Waals surface area contributed by atoms with Crippen LogP contribution in [0.1, 0.15) is 17.7 Å². The highest BCUT2D eigenvalue weighted by molar-refractivity contribution is 7.86. The van der Waals surface area contributed by atoms with Crippen LogP contribution in [-0.4, -0.2) is 55.9 Å². The van der Waals surface area contributed by atoms with E-state index in [2.05, 4.69) is 11.6 Å². The van der Waals surface area contributed by atoms with Crippen LogP contribution in [0, 0.1) is 11.3 Å². The predicted octanol–water partition coefficient (Wildman–Crippen LogP) is 1.24. The second-order valence-electron chi connectivity index (χ2n) is 5.66. The zero-order chi connectivity index (χ0) is 18.4. The standard InChI is InChI=1S/C16H19N3O5S/c1-3-7-23-16(20)19-11-14(24-25(2,21)22)9-13(19)8-12-5-4-6-18-15(12)10-17/h3-6,13-14H,1,7-9,11H2,2H3/t13-,14-/m1/s1. The van der Waals surface area contributed by atoms with E-state index in [1.807, 2.05) is 6.07 Å². The summed E-state index contributed by atoms with van der Waals surface area (Å²) in [5.74, 6) is 0. The lowest BCUT2D eigenvalue weighted by molar-refractivity contribution is 0.104. The minimum atomic E-state index is -3.64. The highest BCUT2D eigenvalue weighted by Gasteiger charge is 2.38. The molecular formula is C16H19N3O5S. The third kappa shape index (κ3) is 5.27. The fourth-order valence-corrected chi connectivity index (χ4v) is 3.41. The number of aromatic nitrogens is 1. The molecule has 0 spiro atoms. The van der Waals surface area contributed by atoms with Crippen LogP contribution in [0.4, 0.5) is 4.79 Å². The van der Waals surface area contributed by atoms with Crippen molar-refractivity contribution >= 4 is 16.2 Å². The van der Waals surface area contributed by atoms with Gasteiger partial charge in [-0.25, -0.2) is 9.78 Å². The van der Waals surface area contributed by atoms with Gasteiger partial charge >= 0.3 is 6.09 Å². The number of carbonyl (C=O) groups excluding carboxylic acids is 1. The number of nitrogens with zero attached hydrogens (tertiary/aromatic N) is 3. The molecule has 0 radical (unpaired) electrons. The van der Waals surface area contributed by atoms with Crippen LogP contribution in [0.15, 0.2) is 31.0 Å². The number of ether oxygens (including phenoxy) is 1. The maximum atomic E-state index is 12.2. The van der Waals surface area contributed by atoms with Crippen LogP contribution in [0.5, 0.6) is 0 Å². The molecule has 25 heavy (non-hydrogen) atoms. The average molecular weight is 365 g/mol. The number of amides is 1. The molecule has 0 bridgehead atoms. The number of rotatable bonds is 6. The van der Waals surface area contributed by atoms with Gasteiger partial charge in [-0.1, -0.05) is 18.7 Å². The Balaban J connectivity index is 2.19. The number of carbonyl (C=O) groups is 1. The van der Waals surface area contributed by atoms with Crippen LogP contribution in [0.2, 0.25) is 0 Å². The van der Waals surface area contributed by atoms with E-state index in [1.165, 1.54) is 17.2 Å². The Morgan fingerprint density at radius 1 is 1.60 bits per heavy atom. The molecular weight excluding hydrogens is 346 g/mol. The molecule has 9 heteroatoms. The molecule has 1 aromatic heterocycles. The number of hydrogen-bond acceptors (Lipinski definition) is 7. The molecule has 0 unspecified atom stereocenters. The van der Waals surface area contributed by atoms with Crippen LogP contribution in [0.25, 0.3) is 0 Å². The van der Waals surface area contributed by atoms with Gasteiger partial charge in [0.2, 0.25) is 0 Å². The molecule has 2 rings (SSSR count). The van der Waals surface area contributed by atoms with E-state index in [0.717, 1.165) is 6.26 Å². The first-order valence-corrected chi connectivity index (χ1v) is 9.42. The van der Waals surface area contributed by atoms with Gasteiger partial charge in [0, 0.05) is 12.2 Å². The normalized spacial score (nSPS) is 20.1. The van der Waals surface area contributed by atoms with E-state index in [-0.39, 0.29) is 24.9 Å². The molecule has 2 heterocycles. The van der Waals surface area contributed by atoms with E-state index < -0.39 is 22.3 Å². The van der Waals surface area contributed by atoms with Gasteiger partial charge in [0.15, 0.2) is 0 Å². The minimum Gasteiger partial charge on any atom is -0.445 e. The summed E-state index contributed by atoms with van der Waals surface area (Å²) < 4.78 is 32.8. The molecule has 1 saturated heterocycles. The number of hydrogen-bond donors (Lipinski definition) is 0. The lowest BCUT2D eigenvalue weighted by Crippen LogP contribution is -2.38. The highest BCUT2D eigenvalue weighted by Crippen LogP contribution is 2.26. The Morgan fingerprint density at radius 2 is 2.36 bits per heavy atom. The Morgan fingerprint density at radius 3 is 3.00 bits per heavy atom. The van der Waals surface area contributed by atoms with E-state index in [4.69, 9.17) is 14.2 Å². The van der Waals surface area contributed by atoms with Gasteiger partial charge < -0.3 is 9.64 Å². The predicted molar refractivity (Wildman–Crippen MR) is 89.0 cm³/mol. The summed E-state index contributed by atoms with van der Waals surface area (Å²) in [6.45, 7) is 3.63. The minimum absolute atomic E-state index is 0.0516. The molecule has 1 aromatic rings. The van der Waals surface area contributed by atoms with Crippen LogP contribution < -0.4 is 0 Å². The van der Waals surface area contributed by atoms with Gasteiger partial charge in [-0.15, -0.1) is 0 Å². The van der Waals surface area contributed by atoms with Crippen LogP contribution in [-0.2, 0) is 25.5 Å². The largest absolute Gasteiger partial charge is 0.445 e. The van der Waals surface area contributed by atoms with Gasteiger partial charge in [0.1, 0.15) is 18.4 Å². The maximum Gasteiger partial charge on any atom is 0.410 e. The van der Waals surface area contributed by atoms with Crippen LogP contribution in [0.3, 0.4) is 0 Å². The third-order valence-corrected chi connectivity index (χ3v) is 4.32. The van der Waals surface area contributed by atoms with Crippen molar-refractivity contribution in [3.63, 3.8) is 0 Å². The lowest BCUT2D eigenvalue weighted by Gasteiger charge is -2.23. The lowest BCUT2D eigenvalue weighted by atomic mass is 10.0. The first-order valence-electron chi connectivity index (χ1n) is 7.60. The van der Waals surface area contributed by atoms with Crippen molar-refractivity contribution < 1.29 is 22.1 Å². The van der Waals surface area contributed by atoms with Crippen molar-refractivity contribution in [2.75, 3.05) is 19.4 Å². The summed E-state index contributed by atoms with van der Waals surface area (Å²) in [4.78, 5) is 17.7. The first kappa shape index (κ1) is 18.9. The summed E-state index contributed by atoms with van der Waals surface area (Å²) in [6.07, 6.45) is 3.37. The van der Waals surface area contributed by atoms with Crippen molar-refractivity contribution in [2.45, 2.75) is 25.0 Å². The summed E-state index contributed by atoms with van der Waals surface area (Å²) in [5, 5.41) is 9.16. The Hall–Kier alpha value is -2.44. The molecule has 0 saturated carbocycles. The van der Waals surface area contributed by atoms with Crippen molar-refractivity contribution in [1.82, 2.24) is 9.88 Å². The molecule has 0 N–H and O–H groups in total. The van der Waals surface area contributed by atoms with Crippen molar-refractivity contribution in [3.05, 3.63) is 42.2 Å². The molecule has 0 aromatic carbocycles. The monoisotopic (exact) mass is 365 g/mol. The fourth-order valence-electron chi connectivity index (χ4n) is 2.78.